The number of aryl methyl sites for hydroxylation is 1. The lowest BCUT2D eigenvalue weighted by molar-refractivity contribution is 0.103. The van der Waals surface area contributed by atoms with E-state index in [9.17, 15) is 4.79 Å². The molecule has 2 aromatic rings. The number of ketones is 1. The molecule has 1 aromatic heterocycles. The third kappa shape index (κ3) is 2.42. The molecule has 0 aliphatic rings. The van der Waals surface area contributed by atoms with Crippen LogP contribution in [-0.4, -0.2) is 25.0 Å². The Kier molecular flexibility index (Phi) is 3.80. The first-order chi connectivity index (χ1) is 9.19. The van der Waals surface area contributed by atoms with E-state index in [0.717, 1.165) is 5.56 Å². The zero-order valence-electron chi connectivity index (χ0n) is 11.1. The zero-order valence-corrected chi connectivity index (χ0v) is 11.1. The zero-order chi connectivity index (χ0) is 13.8. The molecule has 1 aromatic carbocycles. The molecular weight excluding hydrogens is 242 g/mol. The first-order valence-corrected chi connectivity index (χ1v) is 5.85. The molecule has 0 atom stereocenters. The van der Waals surface area contributed by atoms with Crippen molar-refractivity contribution in [2.75, 3.05) is 14.2 Å². The number of hydrogen-bond donors (Lipinski definition) is 0. The standard InChI is InChI=1S/C15H15NO3/c1-10-7-8-16-9-11(10)15(17)14-12(18-2)5-4-6-13(14)19-3/h4-9H,1-3H3. The Morgan fingerprint density at radius 2 is 1.74 bits per heavy atom. The van der Waals surface area contributed by atoms with Crippen LogP contribution >= 0.6 is 0 Å². The number of hydrogen-bond acceptors (Lipinski definition) is 4. The fraction of sp³-hybridized carbons (Fsp3) is 0.200. The average Bonchev–Trinajstić information content (AvgIpc) is 2.46. The highest BCUT2D eigenvalue weighted by Gasteiger charge is 2.21. The van der Waals surface area contributed by atoms with Crippen LogP contribution in [0.4, 0.5) is 0 Å². The van der Waals surface area contributed by atoms with Crippen molar-refractivity contribution in [1.29, 1.82) is 0 Å². The molecule has 0 unspecified atom stereocenters. The number of nitrogens with zero attached hydrogens (tertiary/aromatic N) is 1. The lowest BCUT2D eigenvalue weighted by atomic mass is 9.99. The first kappa shape index (κ1) is 13.1. The van der Waals surface area contributed by atoms with Gasteiger partial charge in [-0.25, -0.2) is 0 Å². The lowest BCUT2D eigenvalue weighted by Gasteiger charge is -2.12. The Morgan fingerprint density at radius 1 is 1.11 bits per heavy atom. The topological polar surface area (TPSA) is 48.4 Å². The summed E-state index contributed by atoms with van der Waals surface area (Å²) in [5.74, 6) is 0.833. The molecular formula is C15H15NO3. The van der Waals surface area contributed by atoms with Crippen LogP contribution in [0.5, 0.6) is 11.5 Å². The van der Waals surface area contributed by atoms with E-state index in [0.29, 0.717) is 22.6 Å². The summed E-state index contributed by atoms with van der Waals surface area (Å²) >= 11 is 0. The minimum atomic E-state index is -0.153. The molecule has 19 heavy (non-hydrogen) atoms. The molecule has 0 radical (unpaired) electrons. The molecule has 0 saturated carbocycles. The van der Waals surface area contributed by atoms with Crippen molar-refractivity contribution in [2.24, 2.45) is 0 Å². The first-order valence-electron chi connectivity index (χ1n) is 5.85. The molecule has 0 amide bonds. The van der Waals surface area contributed by atoms with Crippen LogP contribution in [0.25, 0.3) is 0 Å². The maximum absolute atomic E-state index is 12.6. The molecule has 0 bridgehead atoms. The molecule has 0 fully saturated rings. The number of carbonyl (C=O) groups is 1. The summed E-state index contributed by atoms with van der Waals surface area (Å²) in [7, 11) is 3.06. The summed E-state index contributed by atoms with van der Waals surface area (Å²) < 4.78 is 10.5. The Hall–Kier alpha value is -2.36. The Balaban J connectivity index is 2.58. The summed E-state index contributed by atoms with van der Waals surface area (Å²) in [4.78, 5) is 16.6. The number of rotatable bonds is 4. The van der Waals surface area contributed by atoms with Crippen LogP contribution in [0.2, 0.25) is 0 Å². The maximum atomic E-state index is 12.6. The predicted octanol–water partition coefficient (Wildman–Crippen LogP) is 2.64. The quantitative estimate of drug-likeness (QED) is 0.790. The molecule has 4 heteroatoms. The van der Waals surface area contributed by atoms with Gasteiger partial charge in [-0.2, -0.15) is 0 Å². The Morgan fingerprint density at radius 3 is 2.26 bits per heavy atom. The van der Waals surface area contributed by atoms with Crippen molar-refractivity contribution in [1.82, 2.24) is 4.98 Å². The van der Waals surface area contributed by atoms with Crippen molar-refractivity contribution in [3.63, 3.8) is 0 Å². The van der Waals surface area contributed by atoms with Crippen LogP contribution in [0.15, 0.2) is 36.7 Å². The largest absolute Gasteiger partial charge is 0.496 e. The molecule has 0 aliphatic heterocycles. The van der Waals surface area contributed by atoms with Crippen LogP contribution < -0.4 is 9.47 Å². The molecule has 0 spiro atoms. The van der Waals surface area contributed by atoms with Gasteiger partial charge in [-0.05, 0) is 30.7 Å². The number of pyridine rings is 1. The number of carbonyl (C=O) groups excluding carboxylic acids is 1. The minimum Gasteiger partial charge on any atom is -0.496 e. The number of ether oxygens (including phenoxy) is 2. The van der Waals surface area contributed by atoms with Crippen molar-refractivity contribution >= 4 is 5.78 Å². The van der Waals surface area contributed by atoms with Crippen molar-refractivity contribution in [2.45, 2.75) is 6.92 Å². The van der Waals surface area contributed by atoms with E-state index >= 15 is 0 Å². The second-order valence-electron chi connectivity index (χ2n) is 4.06. The van der Waals surface area contributed by atoms with Gasteiger partial charge in [0.2, 0.25) is 5.78 Å². The predicted molar refractivity (Wildman–Crippen MR) is 72.0 cm³/mol. The summed E-state index contributed by atoms with van der Waals surface area (Å²) in [5.41, 5.74) is 1.84. The van der Waals surface area contributed by atoms with E-state index < -0.39 is 0 Å². The molecule has 0 aliphatic carbocycles. The van der Waals surface area contributed by atoms with Crippen LogP contribution in [0.1, 0.15) is 21.5 Å². The molecule has 0 saturated heterocycles. The van der Waals surface area contributed by atoms with Crippen LogP contribution in [0, 0.1) is 6.92 Å². The van der Waals surface area contributed by atoms with E-state index in [1.54, 1.807) is 36.7 Å². The van der Waals surface area contributed by atoms with E-state index in [2.05, 4.69) is 4.98 Å². The van der Waals surface area contributed by atoms with Crippen molar-refractivity contribution in [3.8, 4) is 11.5 Å². The van der Waals surface area contributed by atoms with Gasteiger partial charge in [0, 0.05) is 18.0 Å². The van der Waals surface area contributed by atoms with Gasteiger partial charge >= 0.3 is 0 Å². The Bertz CT molecular complexity index is 586. The number of benzene rings is 1. The van der Waals surface area contributed by atoms with Gasteiger partial charge in [0.1, 0.15) is 17.1 Å². The minimum absolute atomic E-state index is 0.153. The second-order valence-corrected chi connectivity index (χ2v) is 4.06. The van der Waals surface area contributed by atoms with Gasteiger partial charge in [-0.3, -0.25) is 9.78 Å². The normalized spacial score (nSPS) is 10.1. The fourth-order valence-corrected chi connectivity index (χ4v) is 1.91. The molecule has 98 valence electrons. The monoisotopic (exact) mass is 257 g/mol. The number of methoxy groups -OCH3 is 2. The lowest BCUT2D eigenvalue weighted by Crippen LogP contribution is -2.08. The van der Waals surface area contributed by atoms with Gasteiger partial charge in [0.25, 0.3) is 0 Å². The average molecular weight is 257 g/mol. The van der Waals surface area contributed by atoms with Gasteiger partial charge in [0.05, 0.1) is 14.2 Å². The van der Waals surface area contributed by atoms with E-state index in [1.807, 2.05) is 6.92 Å². The van der Waals surface area contributed by atoms with Crippen LogP contribution in [-0.2, 0) is 0 Å². The van der Waals surface area contributed by atoms with E-state index in [4.69, 9.17) is 9.47 Å². The van der Waals surface area contributed by atoms with Gasteiger partial charge in [-0.15, -0.1) is 0 Å². The van der Waals surface area contributed by atoms with E-state index in [-0.39, 0.29) is 5.78 Å². The molecule has 2 rings (SSSR count). The Labute approximate surface area is 112 Å². The molecule has 1 heterocycles. The van der Waals surface area contributed by atoms with E-state index in [1.165, 1.54) is 14.2 Å². The molecule has 0 N–H and O–H groups in total. The second kappa shape index (κ2) is 5.52. The summed E-state index contributed by atoms with van der Waals surface area (Å²) in [6.45, 7) is 1.87. The summed E-state index contributed by atoms with van der Waals surface area (Å²) in [5, 5.41) is 0. The summed E-state index contributed by atoms with van der Waals surface area (Å²) in [6, 6.07) is 7.06. The highest BCUT2D eigenvalue weighted by molar-refractivity contribution is 6.13. The highest BCUT2D eigenvalue weighted by Crippen LogP contribution is 2.30. The summed E-state index contributed by atoms with van der Waals surface area (Å²) in [6.07, 6.45) is 3.22. The fourth-order valence-electron chi connectivity index (χ4n) is 1.91. The van der Waals surface area contributed by atoms with Crippen molar-refractivity contribution < 1.29 is 14.3 Å². The van der Waals surface area contributed by atoms with Gasteiger partial charge in [0.15, 0.2) is 0 Å². The third-order valence-electron chi connectivity index (χ3n) is 2.94. The highest BCUT2D eigenvalue weighted by atomic mass is 16.5. The molecule has 4 nitrogen and oxygen atoms in total. The maximum Gasteiger partial charge on any atom is 0.202 e. The number of aromatic nitrogens is 1. The van der Waals surface area contributed by atoms with Gasteiger partial charge < -0.3 is 9.47 Å². The smallest absolute Gasteiger partial charge is 0.202 e. The third-order valence-corrected chi connectivity index (χ3v) is 2.94. The SMILES string of the molecule is COc1cccc(OC)c1C(=O)c1cnccc1C. The van der Waals surface area contributed by atoms with Gasteiger partial charge in [-0.1, -0.05) is 6.07 Å². The van der Waals surface area contributed by atoms with Crippen LogP contribution in [0.3, 0.4) is 0 Å². The van der Waals surface area contributed by atoms with Crippen molar-refractivity contribution in [3.05, 3.63) is 53.3 Å².